The first-order valence-electron chi connectivity index (χ1n) is 6.44. The Morgan fingerprint density at radius 1 is 1.24 bits per heavy atom. The smallest absolute Gasteiger partial charge is 0.228 e. The molecule has 3 aliphatic heterocycles. The van der Waals surface area contributed by atoms with Gasteiger partial charge in [0.15, 0.2) is 0 Å². The van der Waals surface area contributed by atoms with Crippen molar-refractivity contribution in [2.45, 2.75) is 18.6 Å². The average Bonchev–Trinajstić information content (AvgIpc) is 2.65. The molecule has 0 saturated carbocycles. The molecule has 3 saturated heterocycles. The minimum Gasteiger partial charge on any atom is -0.378 e. The van der Waals surface area contributed by atoms with Crippen LogP contribution in [0.1, 0.15) is 6.42 Å². The van der Waals surface area contributed by atoms with Crippen molar-refractivity contribution in [1.82, 2.24) is 9.80 Å². The van der Waals surface area contributed by atoms with Crippen molar-refractivity contribution in [2.24, 2.45) is 5.92 Å². The zero-order valence-corrected chi connectivity index (χ0v) is 10.3. The van der Waals surface area contributed by atoms with Crippen molar-refractivity contribution >= 4 is 5.91 Å². The number of hydrogen-bond donors (Lipinski definition) is 0. The molecule has 3 rings (SSSR count). The van der Waals surface area contributed by atoms with Gasteiger partial charge in [-0.2, -0.15) is 0 Å². The van der Waals surface area contributed by atoms with E-state index in [1.54, 1.807) is 0 Å². The van der Waals surface area contributed by atoms with Gasteiger partial charge in [0, 0.05) is 26.2 Å². The lowest BCUT2D eigenvalue weighted by Crippen LogP contribution is -2.47. The van der Waals surface area contributed by atoms with Gasteiger partial charge in [0.1, 0.15) is 0 Å². The Hall–Kier alpha value is -0.650. The Labute approximate surface area is 102 Å². The highest BCUT2D eigenvalue weighted by atomic mass is 16.5. The van der Waals surface area contributed by atoms with E-state index in [1.807, 2.05) is 4.90 Å². The van der Waals surface area contributed by atoms with Crippen LogP contribution in [0.2, 0.25) is 0 Å². The van der Waals surface area contributed by atoms with E-state index in [-0.39, 0.29) is 24.0 Å². The molecule has 0 spiro atoms. The molecule has 0 aliphatic carbocycles. The Morgan fingerprint density at radius 3 is 2.76 bits per heavy atom. The second kappa shape index (κ2) is 4.55. The highest BCUT2D eigenvalue weighted by Crippen LogP contribution is 2.32. The van der Waals surface area contributed by atoms with Gasteiger partial charge in [-0.05, 0) is 13.5 Å². The molecule has 17 heavy (non-hydrogen) atoms. The standard InChI is InChI=1S/C12H20N2O3/c1-13-7-9-6-10(11(8-13)17-9)12(15)14-2-4-16-5-3-14/h9-11H,2-8H2,1H3/t9-,10-,11-/m1/s1. The largest absolute Gasteiger partial charge is 0.378 e. The summed E-state index contributed by atoms with van der Waals surface area (Å²) in [5.41, 5.74) is 0. The van der Waals surface area contributed by atoms with Crippen molar-refractivity contribution in [3.63, 3.8) is 0 Å². The van der Waals surface area contributed by atoms with E-state index in [0.717, 1.165) is 32.6 Å². The number of rotatable bonds is 1. The Bertz CT molecular complexity index is 304. The van der Waals surface area contributed by atoms with Crippen LogP contribution in [0, 0.1) is 5.92 Å². The molecule has 0 radical (unpaired) electrons. The van der Waals surface area contributed by atoms with E-state index in [4.69, 9.17) is 9.47 Å². The highest BCUT2D eigenvalue weighted by molar-refractivity contribution is 5.80. The number of likely N-dealkylation sites (tertiary alicyclic amines) is 1. The van der Waals surface area contributed by atoms with Gasteiger partial charge in [-0.15, -0.1) is 0 Å². The number of amides is 1. The second-order valence-corrected chi connectivity index (χ2v) is 5.30. The number of ether oxygens (including phenoxy) is 2. The molecule has 5 heteroatoms. The molecular weight excluding hydrogens is 220 g/mol. The van der Waals surface area contributed by atoms with Crippen LogP contribution in [-0.4, -0.2) is 74.4 Å². The molecule has 0 aromatic rings. The fourth-order valence-electron chi connectivity index (χ4n) is 3.13. The molecule has 3 atom stereocenters. The van der Waals surface area contributed by atoms with Crippen LogP contribution in [0.15, 0.2) is 0 Å². The summed E-state index contributed by atoms with van der Waals surface area (Å²) in [5.74, 6) is 0.346. The predicted molar refractivity (Wildman–Crippen MR) is 61.7 cm³/mol. The third kappa shape index (κ3) is 2.19. The van der Waals surface area contributed by atoms with Gasteiger partial charge in [-0.25, -0.2) is 0 Å². The van der Waals surface area contributed by atoms with Crippen molar-refractivity contribution < 1.29 is 14.3 Å². The van der Waals surface area contributed by atoms with Crippen LogP contribution < -0.4 is 0 Å². The lowest BCUT2D eigenvalue weighted by atomic mass is 9.98. The molecule has 2 bridgehead atoms. The molecule has 1 amide bonds. The first-order chi connectivity index (χ1) is 8.24. The van der Waals surface area contributed by atoms with E-state index < -0.39 is 0 Å². The molecule has 3 heterocycles. The van der Waals surface area contributed by atoms with Crippen molar-refractivity contribution in [1.29, 1.82) is 0 Å². The number of morpholine rings is 2. The number of nitrogens with zero attached hydrogens (tertiary/aromatic N) is 2. The molecule has 3 aliphatic rings. The molecule has 0 N–H and O–H groups in total. The van der Waals surface area contributed by atoms with Crippen molar-refractivity contribution in [3.8, 4) is 0 Å². The minimum atomic E-state index is 0.0723. The molecule has 0 aromatic heterocycles. The molecule has 0 unspecified atom stereocenters. The maximum absolute atomic E-state index is 12.4. The number of carbonyl (C=O) groups is 1. The Morgan fingerprint density at radius 2 is 2.00 bits per heavy atom. The minimum absolute atomic E-state index is 0.0723. The fraction of sp³-hybridized carbons (Fsp3) is 0.917. The summed E-state index contributed by atoms with van der Waals surface area (Å²) in [4.78, 5) is 16.6. The fourth-order valence-corrected chi connectivity index (χ4v) is 3.13. The van der Waals surface area contributed by atoms with E-state index in [9.17, 15) is 4.79 Å². The summed E-state index contributed by atoms with van der Waals surface area (Å²) in [6.45, 7) is 4.67. The summed E-state index contributed by atoms with van der Waals surface area (Å²) >= 11 is 0. The van der Waals surface area contributed by atoms with Crippen LogP contribution in [0.25, 0.3) is 0 Å². The Kier molecular flexibility index (Phi) is 3.06. The number of fused-ring (bicyclic) bond motifs is 2. The van der Waals surface area contributed by atoms with Crippen LogP contribution in [0.4, 0.5) is 0 Å². The van der Waals surface area contributed by atoms with E-state index >= 15 is 0 Å². The maximum atomic E-state index is 12.4. The molecule has 5 nitrogen and oxygen atoms in total. The van der Waals surface area contributed by atoms with Crippen molar-refractivity contribution in [3.05, 3.63) is 0 Å². The Balaban J connectivity index is 1.66. The zero-order chi connectivity index (χ0) is 11.8. The SMILES string of the molecule is CN1C[C@H]2C[C@@H](C(=O)N3CCOCC3)[C@@H](C1)O2. The van der Waals surface area contributed by atoms with Gasteiger partial charge < -0.3 is 19.3 Å². The van der Waals surface area contributed by atoms with E-state index in [0.29, 0.717) is 13.2 Å². The van der Waals surface area contributed by atoms with Gasteiger partial charge in [0.2, 0.25) is 5.91 Å². The van der Waals surface area contributed by atoms with Crippen molar-refractivity contribution in [2.75, 3.05) is 46.4 Å². The monoisotopic (exact) mass is 240 g/mol. The summed E-state index contributed by atoms with van der Waals surface area (Å²) in [6, 6.07) is 0. The molecular formula is C12H20N2O3. The first-order valence-corrected chi connectivity index (χ1v) is 6.44. The van der Waals surface area contributed by atoms with Crippen LogP contribution >= 0.6 is 0 Å². The van der Waals surface area contributed by atoms with E-state index in [1.165, 1.54) is 0 Å². The normalized spacial score (nSPS) is 38.4. The van der Waals surface area contributed by atoms with Gasteiger partial charge in [0.25, 0.3) is 0 Å². The summed E-state index contributed by atoms with van der Waals surface area (Å²) < 4.78 is 11.2. The molecule has 96 valence electrons. The molecule has 3 fully saturated rings. The van der Waals surface area contributed by atoms with Crippen LogP contribution in [-0.2, 0) is 14.3 Å². The quantitative estimate of drug-likeness (QED) is 0.623. The zero-order valence-electron chi connectivity index (χ0n) is 10.3. The van der Waals surface area contributed by atoms with Gasteiger partial charge >= 0.3 is 0 Å². The molecule has 0 aromatic carbocycles. The average molecular weight is 240 g/mol. The summed E-state index contributed by atoms with van der Waals surface area (Å²) in [6.07, 6.45) is 1.26. The van der Waals surface area contributed by atoms with E-state index in [2.05, 4.69) is 11.9 Å². The van der Waals surface area contributed by atoms with Gasteiger partial charge in [0.05, 0.1) is 31.3 Å². The topological polar surface area (TPSA) is 42.0 Å². The van der Waals surface area contributed by atoms with Crippen LogP contribution in [0.5, 0.6) is 0 Å². The van der Waals surface area contributed by atoms with Gasteiger partial charge in [-0.1, -0.05) is 0 Å². The first kappa shape index (κ1) is 11.4. The van der Waals surface area contributed by atoms with Gasteiger partial charge in [-0.3, -0.25) is 4.79 Å². The predicted octanol–water partition coefficient (Wildman–Crippen LogP) is -0.436. The highest BCUT2D eigenvalue weighted by Gasteiger charge is 2.45. The third-order valence-electron chi connectivity index (χ3n) is 3.98. The maximum Gasteiger partial charge on any atom is 0.228 e. The summed E-state index contributed by atoms with van der Waals surface area (Å²) in [5, 5.41) is 0. The second-order valence-electron chi connectivity index (χ2n) is 5.30. The van der Waals surface area contributed by atoms with Crippen LogP contribution in [0.3, 0.4) is 0 Å². The number of carbonyl (C=O) groups excluding carboxylic acids is 1. The lowest BCUT2D eigenvalue weighted by molar-refractivity contribution is -0.142. The number of likely N-dealkylation sites (N-methyl/N-ethyl adjacent to an activating group) is 1. The summed E-state index contributed by atoms with van der Waals surface area (Å²) in [7, 11) is 2.10. The number of hydrogen-bond acceptors (Lipinski definition) is 4. The third-order valence-corrected chi connectivity index (χ3v) is 3.98. The lowest BCUT2D eigenvalue weighted by Gasteiger charge is -2.32.